The molecular formula is C29H33ClN2O5S. The first kappa shape index (κ1) is 29.3. The van der Waals surface area contributed by atoms with E-state index in [-0.39, 0.29) is 24.7 Å². The van der Waals surface area contributed by atoms with E-state index in [4.69, 9.17) is 20.8 Å². The van der Waals surface area contributed by atoms with Crippen LogP contribution >= 0.6 is 23.4 Å². The van der Waals surface area contributed by atoms with Crippen LogP contribution in [-0.4, -0.2) is 29.2 Å². The summed E-state index contributed by atoms with van der Waals surface area (Å²) in [5, 5.41) is 5.31. The molecule has 0 spiro atoms. The standard InChI is InChI=1S/C29H33ClN2O5S/c1-20(2)17-25(31-29(35)37-18-22-10-13-23(30)14-11-22)27(34)32-28(38-19-24-9-6-16-36-24)26(33)15-12-21-7-4-3-5-8-21/h3-11,13-14,16,20,25,28H,12,15,17-19H2,1-2H3,(H,31,35)(H,32,34)/t25-,28-/m0/s1. The minimum absolute atomic E-state index is 0.0403. The highest BCUT2D eigenvalue weighted by Crippen LogP contribution is 2.20. The molecule has 1 aromatic heterocycles. The van der Waals surface area contributed by atoms with Gasteiger partial charge in [-0.15, -0.1) is 11.8 Å². The number of benzene rings is 2. The summed E-state index contributed by atoms with van der Waals surface area (Å²) in [6, 6.07) is 19.4. The average molecular weight is 557 g/mol. The molecule has 9 heteroatoms. The molecule has 0 aliphatic carbocycles. The van der Waals surface area contributed by atoms with Gasteiger partial charge in [0.05, 0.1) is 12.0 Å². The average Bonchev–Trinajstić information content (AvgIpc) is 3.43. The Labute approximate surface area is 232 Å². The first-order chi connectivity index (χ1) is 18.3. The van der Waals surface area contributed by atoms with E-state index in [1.165, 1.54) is 11.8 Å². The number of hydrogen-bond acceptors (Lipinski definition) is 6. The summed E-state index contributed by atoms with van der Waals surface area (Å²) < 4.78 is 10.7. The van der Waals surface area contributed by atoms with Gasteiger partial charge in [-0.25, -0.2) is 4.79 Å². The number of ketones is 1. The second kappa shape index (κ2) is 15.2. The maximum absolute atomic E-state index is 13.3. The Morgan fingerprint density at radius 1 is 0.947 bits per heavy atom. The van der Waals surface area contributed by atoms with Crippen LogP contribution < -0.4 is 10.6 Å². The van der Waals surface area contributed by atoms with Gasteiger partial charge in [0.15, 0.2) is 5.78 Å². The molecule has 202 valence electrons. The van der Waals surface area contributed by atoms with Gasteiger partial charge in [0, 0.05) is 11.4 Å². The smallest absolute Gasteiger partial charge is 0.408 e. The quantitative estimate of drug-likeness (QED) is 0.231. The molecule has 0 aliphatic heterocycles. The van der Waals surface area contributed by atoms with Crippen LogP contribution in [0.5, 0.6) is 0 Å². The van der Waals surface area contributed by atoms with E-state index >= 15 is 0 Å². The molecule has 0 aliphatic rings. The SMILES string of the molecule is CC(C)C[C@H](NC(=O)OCc1ccc(Cl)cc1)C(=O)N[C@@H](SCc1ccco1)C(=O)CCc1ccccc1. The van der Waals surface area contributed by atoms with E-state index in [9.17, 15) is 14.4 Å². The number of halogens is 1. The third kappa shape index (κ3) is 10.3. The largest absolute Gasteiger partial charge is 0.468 e. The van der Waals surface area contributed by atoms with E-state index in [0.29, 0.717) is 29.4 Å². The van der Waals surface area contributed by atoms with E-state index in [1.807, 2.05) is 50.2 Å². The van der Waals surface area contributed by atoms with Crippen molar-refractivity contribution in [2.75, 3.05) is 0 Å². The lowest BCUT2D eigenvalue weighted by Gasteiger charge is -2.23. The first-order valence-electron chi connectivity index (χ1n) is 12.5. The third-order valence-corrected chi connectivity index (χ3v) is 7.06. The molecule has 0 saturated carbocycles. The molecule has 1 heterocycles. The monoisotopic (exact) mass is 556 g/mol. The van der Waals surface area contributed by atoms with Crippen molar-refractivity contribution >= 4 is 41.1 Å². The van der Waals surface area contributed by atoms with Crippen molar-refractivity contribution in [3.8, 4) is 0 Å². The van der Waals surface area contributed by atoms with Gasteiger partial charge in [-0.2, -0.15) is 0 Å². The Bertz CT molecular complexity index is 1150. The normalized spacial score (nSPS) is 12.5. The molecular weight excluding hydrogens is 524 g/mol. The predicted octanol–water partition coefficient (Wildman–Crippen LogP) is 6.15. The van der Waals surface area contributed by atoms with Crippen LogP contribution in [0.2, 0.25) is 5.02 Å². The molecule has 0 bridgehead atoms. The van der Waals surface area contributed by atoms with Gasteiger partial charge in [0.2, 0.25) is 5.91 Å². The fourth-order valence-corrected chi connectivity index (χ4v) is 4.79. The highest BCUT2D eigenvalue weighted by molar-refractivity contribution is 7.99. The number of ether oxygens (including phenoxy) is 1. The minimum Gasteiger partial charge on any atom is -0.468 e. The zero-order valence-corrected chi connectivity index (χ0v) is 23.1. The number of hydrogen-bond donors (Lipinski definition) is 2. The summed E-state index contributed by atoms with van der Waals surface area (Å²) in [5.41, 5.74) is 1.82. The minimum atomic E-state index is -0.860. The van der Waals surface area contributed by atoms with Crippen LogP contribution in [-0.2, 0) is 33.1 Å². The Balaban J connectivity index is 1.62. The first-order valence-corrected chi connectivity index (χ1v) is 13.9. The van der Waals surface area contributed by atoms with Gasteiger partial charge in [-0.05, 0) is 54.2 Å². The zero-order chi connectivity index (χ0) is 27.3. The van der Waals surface area contributed by atoms with Crippen LogP contribution in [0, 0.1) is 5.92 Å². The fraction of sp³-hybridized carbons (Fsp3) is 0.345. The summed E-state index contributed by atoms with van der Waals surface area (Å²) in [4.78, 5) is 39.0. The van der Waals surface area contributed by atoms with Crippen LogP contribution in [0.1, 0.15) is 43.6 Å². The van der Waals surface area contributed by atoms with E-state index in [1.54, 1.807) is 36.6 Å². The Kier molecular flexibility index (Phi) is 11.8. The number of Topliss-reactive ketones (excluding diaryl/α,β-unsaturated/α-hetero) is 1. The molecule has 2 N–H and O–H groups in total. The number of rotatable bonds is 14. The van der Waals surface area contributed by atoms with Crippen LogP contribution in [0.3, 0.4) is 0 Å². The van der Waals surface area contributed by atoms with Crippen molar-refractivity contribution in [3.63, 3.8) is 0 Å². The van der Waals surface area contributed by atoms with Crippen molar-refractivity contribution < 1.29 is 23.5 Å². The van der Waals surface area contributed by atoms with E-state index in [2.05, 4.69) is 10.6 Å². The van der Waals surface area contributed by atoms with Gasteiger partial charge in [0.25, 0.3) is 0 Å². The van der Waals surface area contributed by atoms with Crippen molar-refractivity contribution in [1.29, 1.82) is 0 Å². The van der Waals surface area contributed by atoms with Gasteiger partial charge >= 0.3 is 6.09 Å². The van der Waals surface area contributed by atoms with Crippen molar-refractivity contribution in [3.05, 3.63) is 94.9 Å². The van der Waals surface area contributed by atoms with Gasteiger partial charge in [-0.3, -0.25) is 9.59 Å². The Morgan fingerprint density at radius 2 is 1.68 bits per heavy atom. The number of amides is 2. The predicted molar refractivity (Wildman–Crippen MR) is 150 cm³/mol. The van der Waals surface area contributed by atoms with E-state index in [0.717, 1.165) is 11.1 Å². The molecule has 2 aromatic carbocycles. The fourth-order valence-electron chi connectivity index (χ4n) is 3.66. The number of furan rings is 1. The summed E-state index contributed by atoms with van der Waals surface area (Å²) >= 11 is 7.18. The number of carbonyl (C=O) groups is 3. The zero-order valence-electron chi connectivity index (χ0n) is 21.5. The lowest BCUT2D eigenvalue weighted by molar-refractivity contribution is -0.127. The van der Waals surface area contributed by atoms with Crippen molar-refractivity contribution in [2.24, 2.45) is 5.92 Å². The number of carbonyl (C=O) groups excluding carboxylic acids is 3. The van der Waals surface area contributed by atoms with Crippen molar-refractivity contribution in [1.82, 2.24) is 10.6 Å². The number of thioether (sulfide) groups is 1. The molecule has 0 unspecified atom stereocenters. The van der Waals surface area contributed by atoms with Crippen LogP contribution in [0.25, 0.3) is 0 Å². The van der Waals surface area contributed by atoms with Gasteiger partial charge in [-0.1, -0.05) is 67.9 Å². The van der Waals surface area contributed by atoms with Crippen molar-refractivity contribution in [2.45, 2.75) is 56.9 Å². The van der Waals surface area contributed by atoms with Crippen LogP contribution in [0.4, 0.5) is 4.79 Å². The maximum Gasteiger partial charge on any atom is 0.408 e. The van der Waals surface area contributed by atoms with Crippen LogP contribution in [0.15, 0.2) is 77.4 Å². The molecule has 0 saturated heterocycles. The summed E-state index contributed by atoms with van der Waals surface area (Å²) in [7, 11) is 0. The molecule has 2 atom stereocenters. The highest BCUT2D eigenvalue weighted by Gasteiger charge is 2.28. The summed E-state index contributed by atoms with van der Waals surface area (Å²) in [6.07, 6.45) is 2.08. The van der Waals surface area contributed by atoms with Gasteiger partial charge in [0.1, 0.15) is 23.8 Å². The molecule has 7 nitrogen and oxygen atoms in total. The Hall–Kier alpha value is -3.23. The second-order valence-corrected chi connectivity index (χ2v) is 10.8. The summed E-state index contributed by atoms with van der Waals surface area (Å²) in [6.45, 7) is 3.95. The molecule has 3 rings (SSSR count). The lowest BCUT2D eigenvalue weighted by atomic mass is 10.0. The highest BCUT2D eigenvalue weighted by atomic mass is 35.5. The molecule has 38 heavy (non-hydrogen) atoms. The van der Waals surface area contributed by atoms with Gasteiger partial charge < -0.3 is 19.8 Å². The lowest BCUT2D eigenvalue weighted by Crippen LogP contribution is -2.51. The second-order valence-electron chi connectivity index (χ2n) is 9.26. The topological polar surface area (TPSA) is 97.6 Å². The molecule has 0 fully saturated rings. The number of alkyl carbamates (subject to hydrolysis) is 1. The molecule has 2 amide bonds. The van der Waals surface area contributed by atoms with E-state index < -0.39 is 23.4 Å². The third-order valence-electron chi connectivity index (χ3n) is 5.64. The number of nitrogens with one attached hydrogen (secondary N) is 2. The number of aryl methyl sites for hydroxylation is 1. The summed E-state index contributed by atoms with van der Waals surface area (Å²) in [5.74, 6) is 0.693. The molecule has 0 radical (unpaired) electrons. The Morgan fingerprint density at radius 3 is 2.34 bits per heavy atom. The molecule has 3 aromatic rings. The maximum atomic E-state index is 13.3.